The van der Waals surface area contributed by atoms with Gasteiger partial charge in [0, 0.05) is 6.92 Å². The summed E-state index contributed by atoms with van der Waals surface area (Å²) in [5.41, 5.74) is 0.582. The molecule has 0 saturated carbocycles. The number of anilines is 1. The van der Waals surface area contributed by atoms with E-state index in [0.717, 1.165) is 0 Å². The Morgan fingerprint density at radius 3 is 2.61 bits per heavy atom. The highest BCUT2D eigenvalue weighted by Gasteiger charge is 2.16. The first-order chi connectivity index (χ1) is 13.3. The maximum Gasteiger partial charge on any atom is 0.308 e. The Morgan fingerprint density at radius 1 is 1.29 bits per heavy atom. The molecule has 0 aliphatic heterocycles. The Kier molecular flexibility index (Phi) is 7.46. The number of halogens is 3. The number of nitrogens with zero attached hydrogens (tertiary/aromatic N) is 1. The number of ether oxygens (including phenoxy) is 2. The zero-order chi connectivity index (χ0) is 20.8. The first kappa shape index (κ1) is 21.8. The Hall–Kier alpha value is -2.53. The van der Waals surface area contributed by atoms with Crippen LogP contribution in [0.3, 0.4) is 0 Å². The number of methoxy groups -OCH3 is 1. The minimum absolute atomic E-state index is 0.171. The molecule has 0 aliphatic rings. The summed E-state index contributed by atoms with van der Waals surface area (Å²) in [7, 11) is 1.40. The fourth-order valence-electron chi connectivity index (χ4n) is 2.17. The second kappa shape index (κ2) is 9.60. The van der Waals surface area contributed by atoms with Gasteiger partial charge in [0.15, 0.2) is 11.5 Å². The molecule has 6 nitrogen and oxygen atoms in total. The minimum atomic E-state index is -0.661. The molecule has 0 heterocycles. The molecule has 0 unspecified atom stereocenters. The van der Waals surface area contributed by atoms with Crippen molar-refractivity contribution in [2.75, 3.05) is 12.4 Å². The molecular formula is C19H13BrCl2N2O4. The van der Waals surface area contributed by atoms with Gasteiger partial charge in [0.2, 0.25) is 0 Å². The van der Waals surface area contributed by atoms with E-state index in [0.29, 0.717) is 10.0 Å². The number of hydrogen-bond donors (Lipinski definition) is 1. The van der Waals surface area contributed by atoms with Crippen LogP contribution < -0.4 is 14.8 Å². The van der Waals surface area contributed by atoms with Crippen molar-refractivity contribution in [1.82, 2.24) is 0 Å². The van der Waals surface area contributed by atoms with Crippen LogP contribution >= 0.6 is 39.1 Å². The van der Waals surface area contributed by atoms with E-state index in [4.69, 9.17) is 32.7 Å². The van der Waals surface area contributed by atoms with E-state index in [2.05, 4.69) is 21.2 Å². The van der Waals surface area contributed by atoms with Crippen molar-refractivity contribution in [3.05, 3.63) is 56.0 Å². The number of carbonyl (C=O) groups excluding carboxylic acids is 2. The van der Waals surface area contributed by atoms with Crippen LogP contribution in [-0.4, -0.2) is 19.0 Å². The van der Waals surface area contributed by atoms with Crippen LogP contribution in [0.4, 0.5) is 5.69 Å². The molecule has 0 spiro atoms. The van der Waals surface area contributed by atoms with Gasteiger partial charge in [0.25, 0.3) is 5.91 Å². The van der Waals surface area contributed by atoms with Gasteiger partial charge in [-0.15, -0.1) is 0 Å². The average Bonchev–Trinajstić information content (AvgIpc) is 2.64. The summed E-state index contributed by atoms with van der Waals surface area (Å²) in [6.07, 6.45) is 1.36. The predicted octanol–water partition coefficient (Wildman–Crippen LogP) is 5.24. The number of amides is 1. The van der Waals surface area contributed by atoms with Crippen molar-refractivity contribution < 1.29 is 19.1 Å². The second-order valence-corrected chi connectivity index (χ2v) is 6.99. The summed E-state index contributed by atoms with van der Waals surface area (Å²) in [6.45, 7) is 1.26. The topological polar surface area (TPSA) is 88.4 Å². The molecule has 2 rings (SSSR count). The summed E-state index contributed by atoms with van der Waals surface area (Å²) < 4.78 is 10.7. The summed E-state index contributed by atoms with van der Waals surface area (Å²) in [4.78, 5) is 23.7. The van der Waals surface area contributed by atoms with Gasteiger partial charge < -0.3 is 14.8 Å². The molecule has 0 aliphatic carbocycles. The summed E-state index contributed by atoms with van der Waals surface area (Å²) in [5, 5.41) is 12.4. The SMILES string of the molecule is COc1cc(/C=C(\C#N)C(=O)Nc2cccc(Cl)c2Cl)cc(Br)c1OC(C)=O. The standard InChI is InChI=1S/C19H13BrCl2N2O4/c1-10(25)28-18-13(20)7-11(8-16(18)27-2)6-12(9-23)19(26)24-15-5-3-4-14(21)17(15)22/h3-8H,1-2H3,(H,24,26)/b12-6+. The molecule has 2 aromatic rings. The fraction of sp³-hybridized carbons (Fsp3) is 0.105. The number of benzene rings is 2. The maximum absolute atomic E-state index is 12.4. The van der Waals surface area contributed by atoms with E-state index in [1.165, 1.54) is 26.2 Å². The van der Waals surface area contributed by atoms with Gasteiger partial charge in [-0.25, -0.2) is 0 Å². The van der Waals surface area contributed by atoms with Crippen molar-refractivity contribution in [3.63, 3.8) is 0 Å². The van der Waals surface area contributed by atoms with Crippen molar-refractivity contribution in [3.8, 4) is 17.6 Å². The molecule has 0 radical (unpaired) electrons. The lowest BCUT2D eigenvalue weighted by Gasteiger charge is -2.11. The van der Waals surface area contributed by atoms with Crippen LogP contribution in [0.15, 0.2) is 40.4 Å². The van der Waals surface area contributed by atoms with Crippen molar-refractivity contribution in [2.24, 2.45) is 0 Å². The number of nitriles is 1. The molecule has 9 heteroatoms. The van der Waals surface area contributed by atoms with Gasteiger partial charge in [-0.2, -0.15) is 5.26 Å². The lowest BCUT2D eigenvalue weighted by atomic mass is 10.1. The van der Waals surface area contributed by atoms with E-state index >= 15 is 0 Å². The molecule has 144 valence electrons. The Morgan fingerprint density at radius 2 is 2.00 bits per heavy atom. The molecule has 0 atom stereocenters. The second-order valence-electron chi connectivity index (χ2n) is 5.35. The van der Waals surface area contributed by atoms with Crippen LogP contribution in [0.1, 0.15) is 12.5 Å². The minimum Gasteiger partial charge on any atom is -0.493 e. The van der Waals surface area contributed by atoms with Crippen LogP contribution in [0.2, 0.25) is 10.0 Å². The van der Waals surface area contributed by atoms with Gasteiger partial charge in [-0.3, -0.25) is 9.59 Å². The van der Waals surface area contributed by atoms with Gasteiger partial charge >= 0.3 is 5.97 Å². The molecule has 0 aromatic heterocycles. The van der Waals surface area contributed by atoms with Crippen LogP contribution in [-0.2, 0) is 9.59 Å². The lowest BCUT2D eigenvalue weighted by molar-refractivity contribution is -0.132. The molecule has 28 heavy (non-hydrogen) atoms. The summed E-state index contributed by atoms with van der Waals surface area (Å²) >= 11 is 15.3. The first-order valence-corrected chi connectivity index (χ1v) is 9.24. The number of esters is 1. The highest BCUT2D eigenvalue weighted by molar-refractivity contribution is 9.10. The van der Waals surface area contributed by atoms with Crippen LogP contribution in [0, 0.1) is 11.3 Å². The van der Waals surface area contributed by atoms with E-state index in [1.54, 1.807) is 24.3 Å². The number of carbonyl (C=O) groups is 2. The number of hydrogen-bond acceptors (Lipinski definition) is 5. The smallest absolute Gasteiger partial charge is 0.308 e. The average molecular weight is 484 g/mol. The third-order valence-corrected chi connectivity index (χ3v) is 4.78. The quantitative estimate of drug-likeness (QED) is 0.272. The van der Waals surface area contributed by atoms with Crippen LogP contribution in [0.25, 0.3) is 6.08 Å². The molecule has 1 amide bonds. The van der Waals surface area contributed by atoms with Gasteiger partial charge in [0.05, 0.1) is 27.3 Å². The predicted molar refractivity (Wildman–Crippen MR) is 111 cm³/mol. The van der Waals surface area contributed by atoms with E-state index < -0.39 is 11.9 Å². The summed E-state index contributed by atoms with van der Waals surface area (Å²) in [6, 6.07) is 9.71. The third-order valence-electron chi connectivity index (χ3n) is 3.37. The highest BCUT2D eigenvalue weighted by Crippen LogP contribution is 2.37. The zero-order valence-electron chi connectivity index (χ0n) is 14.7. The van der Waals surface area contributed by atoms with Crippen molar-refractivity contribution in [1.29, 1.82) is 5.26 Å². The molecule has 0 saturated heterocycles. The van der Waals surface area contributed by atoms with E-state index in [9.17, 15) is 14.9 Å². The maximum atomic E-state index is 12.4. The lowest BCUT2D eigenvalue weighted by Crippen LogP contribution is -2.13. The van der Waals surface area contributed by atoms with Gasteiger partial charge in [-0.05, 0) is 51.8 Å². The summed E-state index contributed by atoms with van der Waals surface area (Å²) in [5.74, 6) is -0.726. The highest BCUT2D eigenvalue weighted by atomic mass is 79.9. The molecular weight excluding hydrogens is 471 g/mol. The van der Waals surface area contributed by atoms with Crippen molar-refractivity contribution in [2.45, 2.75) is 6.92 Å². The number of rotatable bonds is 5. The third kappa shape index (κ3) is 5.26. The molecule has 0 bridgehead atoms. The molecule has 0 fully saturated rings. The fourth-order valence-corrected chi connectivity index (χ4v) is 3.06. The Balaban J connectivity index is 2.37. The first-order valence-electron chi connectivity index (χ1n) is 7.70. The number of nitrogens with one attached hydrogen (secondary N) is 1. The van der Waals surface area contributed by atoms with Gasteiger partial charge in [-0.1, -0.05) is 29.3 Å². The normalized spacial score (nSPS) is 10.8. The monoisotopic (exact) mass is 482 g/mol. The Labute approximate surface area is 179 Å². The molecule has 1 N–H and O–H groups in total. The van der Waals surface area contributed by atoms with Gasteiger partial charge in [0.1, 0.15) is 11.6 Å². The Bertz CT molecular complexity index is 1020. The van der Waals surface area contributed by atoms with Crippen LogP contribution in [0.5, 0.6) is 11.5 Å². The largest absolute Gasteiger partial charge is 0.493 e. The van der Waals surface area contributed by atoms with E-state index in [-0.39, 0.29) is 32.8 Å². The molecule has 2 aromatic carbocycles. The van der Waals surface area contributed by atoms with E-state index in [1.807, 2.05) is 6.07 Å². The zero-order valence-corrected chi connectivity index (χ0v) is 17.8. The van der Waals surface area contributed by atoms with Crippen molar-refractivity contribution >= 4 is 62.8 Å².